The van der Waals surface area contributed by atoms with Crippen molar-refractivity contribution in [2.45, 2.75) is 12.5 Å². The van der Waals surface area contributed by atoms with Gasteiger partial charge in [0.15, 0.2) is 0 Å². The number of benzene rings is 1. The van der Waals surface area contributed by atoms with Crippen LogP contribution in [0.3, 0.4) is 0 Å². The van der Waals surface area contributed by atoms with Crippen molar-refractivity contribution in [3.05, 3.63) is 28.3 Å². The lowest BCUT2D eigenvalue weighted by atomic mass is 10.2. The quantitative estimate of drug-likeness (QED) is 0.652. The molecule has 0 spiro atoms. The van der Waals surface area contributed by atoms with Crippen LogP contribution >= 0.6 is 0 Å². The van der Waals surface area contributed by atoms with Crippen molar-refractivity contribution in [2.75, 3.05) is 32.6 Å². The Hall–Kier alpha value is -1.82. The maximum absolute atomic E-state index is 10.7. The first-order valence-corrected chi connectivity index (χ1v) is 5.87. The maximum atomic E-state index is 10.7. The van der Waals surface area contributed by atoms with E-state index in [-0.39, 0.29) is 5.69 Å². The summed E-state index contributed by atoms with van der Waals surface area (Å²) >= 11 is 0. The predicted molar refractivity (Wildman–Crippen MR) is 69.2 cm³/mol. The van der Waals surface area contributed by atoms with Crippen LogP contribution in [0.4, 0.5) is 11.4 Å². The Kier molecular flexibility index (Phi) is 3.66. The molecule has 98 valence electrons. The fourth-order valence-electron chi connectivity index (χ4n) is 2.19. The number of hydrogen-bond acceptors (Lipinski definition) is 5. The SMILES string of the molecule is COc1cc([N+](=O)[O-])ccc1NC1CCN(C)C1. The van der Waals surface area contributed by atoms with Crippen molar-refractivity contribution in [3.8, 4) is 5.75 Å². The highest BCUT2D eigenvalue weighted by atomic mass is 16.6. The van der Waals surface area contributed by atoms with E-state index in [1.165, 1.54) is 19.2 Å². The largest absolute Gasteiger partial charge is 0.494 e. The number of rotatable bonds is 4. The summed E-state index contributed by atoms with van der Waals surface area (Å²) < 4.78 is 5.19. The zero-order valence-corrected chi connectivity index (χ0v) is 10.5. The first-order valence-electron chi connectivity index (χ1n) is 5.87. The average Bonchev–Trinajstić information content (AvgIpc) is 2.75. The number of ether oxygens (including phenoxy) is 1. The van der Waals surface area contributed by atoms with Gasteiger partial charge in [-0.15, -0.1) is 0 Å². The first-order chi connectivity index (χ1) is 8.60. The Morgan fingerprint density at radius 2 is 2.33 bits per heavy atom. The van der Waals surface area contributed by atoms with Crippen molar-refractivity contribution in [2.24, 2.45) is 0 Å². The molecule has 0 aromatic heterocycles. The van der Waals surface area contributed by atoms with Gasteiger partial charge in [0, 0.05) is 18.7 Å². The Bertz CT molecular complexity index is 450. The number of likely N-dealkylation sites (tertiary alicyclic amines) is 1. The number of hydrogen-bond donors (Lipinski definition) is 1. The van der Waals surface area contributed by atoms with Crippen LogP contribution in [0.15, 0.2) is 18.2 Å². The van der Waals surface area contributed by atoms with Gasteiger partial charge >= 0.3 is 0 Å². The fraction of sp³-hybridized carbons (Fsp3) is 0.500. The van der Waals surface area contributed by atoms with E-state index < -0.39 is 4.92 Å². The molecular weight excluding hydrogens is 234 g/mol. The smallest absolute Gasteiger partial charge is 0.273 e. The van der Waals surface area contributed by atoms with E-state index in [0.717, 1.165) is 25.2 Å². The lowest BCUT2D eigenvalue weighted by Gasteiger charge is -2.16. The van der Waals surface area contributed by atoms with Gasteiger partial charge in [0.25, 0.3) is 5.69 Å². The van der Waals surface area contributed by atoms with Crippen molar-refractivity contribution in [3.63, 3.8) is 0 Å². The van der Waals surface area contributed by atoms with Gasteiger partial charge in [-0.3, -0.25) is 10.1 Å². The van der Waals surface area contributed by atoms with Gasteiger partial charge in [0.05, 0.1) is 23.8 Å². The Labute approximate surface area is 106 Å². The molecule has 0 radical (unpaired) electrons. The molecule has 0 aliphatic carbocycles. The van der Waals surface area contributed by atoms with Gasteiger partial charge < -0.3 is 15.0 Å². The number of nitrogens with one attached hydrogen (secondary N) is 1. The van der Waals surface area contributed by atoms with Crippen LogP contribution in [0.1, 0.15) is 6.42 Å². The number of anilines is 1. The highest BCUT2D eigenvalue weighted by Crippen LogP contribution is 2.30. The molecule has 18 heavy (non-hydrogen) atoms. The summed E-state index contributed by atoms with van der Waals surface area (Å²) in [5.74, 6) is 0.513. The molecule has 1 heterocycles. The number of nitrogens with zero attached hydrogens (tertiary/aromatic N) is 2. The van der Waals surface area contributed by atoms with Crippen LogP contribution in [0.5, 0.6) is 5.75 Å². The van der Waals surface area contributed by atoms with Crippen LogP contribution in [-0.2, 0) is 0 Å². The van der Waals surface area contributed by atoms with Gasteiger partial charge in [-0.25, -0.2) is 0 Å². The Morgan fingerprint density at radius 1 is 1.56 bits per heavy atom. The van der Waals surface area contributed by atoms with Gasteiger partial charge in [0.1, 0.15) is 5.75 Å². The van der Waals surface area contributed by atoms with Crippen molar-refractivity contribution >= 4 is 11.4 Å². The van der Waals surface area contributed by atoms with Crippen molar-refractivity contribution in [1.29, 1.82) is 0 Å². The molecule has 1 saturated heterocycles. The molecular formula is C12H17N3O3. The minimum Gasteiger partial charge on any atom is -0.494 e. The third kappa shape index (κ3) is 2.70. The Balaban J connectivity index is 2.14. The third-order valence-corrected chi connectivity index (χ3v) is 3.15. The lowest BCUT2D eigenvalue weighted by Crippen LogP contribution is -2.23. The van der Waals surface area contributed by atoms with Gasteiger partial charge in [-0.05, 0) is 26.1 Å². The highest BCUT2D eigenvalue weighted by Gasteiger charge is 2.21. The van der Waals surface area contributed by atoms with Crippen LogP contribution < -0.4 is 10.1 Å². The van der Waals surface area contributed by atoms with Crippen molar-refractivity contribution < 1.29 is 9.66 Å². The van der Waals surface area contributed by atoms with Gasteiger partial charge in [-0.2, -0.15) is 0 Å². The summed E-state index contributed by atoms with van der Waals surface area (Å²) in [6.07, 6.45) is 1.07. The number of methoxy groups -OCH3 is 1. The predicted octanol–water partition coefficient (Wildman–Crippen LogP) is 1.72. The molecule has 1 atom stereocenters. The molecule has 6 heteroatoms. The molecule has 1 fully saturated rings. The van der Waals surface area contributed by atoms with Crippen LogP contribution in [0.25, 0.3) is 0 Å². The van der Waals surface area contributed by atoms with E-state index in [1.54, 1.807) is 6.07 Å². The summed E-state index contributed by atoms with van der Waals surface area (Å²) in [7, 11) is 3.60. The van der Waals surface area contributed by atoms with Crippen LogP contribution in [-0.4, -0.2) is 43.1 Å². The van der Waals surface area contributed by atoms with Crippen LogP contribution in [0, 0.1) is 10.1 Å². The summed E-state index contributed by atoms with van der Waals surface area (Å²) in [5.41, 5.74) is 0.851. The molecule has 1 N–H and O–H groups in total. The normalized spacial score (nSPS) is 19.8. The minimum absolute atomic E-state index is 0.0425. The number of nitro benzene ring substituents is 1. The summed E-state index contributed by atoms with van der Waals surface area (Å²) in [4.78, 5) is 12.5. The minimum atomic E-state index is -0.421. The molecule has 6 nitrogen and oxygen atoms in total. The molecule has 1 aromatic carbocycles. The van der Waals surface area contributed by atoms with Crippen LogP contribution in [0.2, 0.25) is 0 Å². The second-order valence-electron chi connectivity index (χ2n) is 4.53. The molecule has 0 saturated carbocycles. The fourth-order valence-corrected chi connectivity index (χ4v) is 2.19. The zero-order chi connectivity index (χ0) is 13.1. The molecule has 1 aliphatic heterocycles. The molecule has 1 aliphatic rings. The molecule has 1 unspecified atom stereocenters. The standard InChI is InChI=1S/C12H17N3O3/c1-14-6-5-9(8-14)13-11-4-3-10(15(16)17)7-12(11)18-2/h3-4,7,9,13H,5-6,8H2,1-2H3. The second-order valence-corrected chi connectivity index (χ2v) is 4.53. The molecule has 1 aromatic rings. The lowest BCUT2D eigenvalue weighted by molar-refractivity contribution is -0.384. The number of likely N-dealkylation sites (N-methyl/N-ethyl adjacent to an activating group) is 1. The van der Waals surface area contributed by atoms with E-state index in [4.69, 9.17) is 4.74 Å². The summed E-state index contributed by atoms with van der Waals surface area (Å²) in [6.45, 7) is 2.03. The first kappa shape index (κ1) is 12.6. The summed E-state index contributed by atoms with van der Waals surface area (Å²) in [6, 6.07) is 5.00. The average molecular weight is 251 g/mol. The topological polar surface area (TPSA) is 67.6 Å². The maximum Gasteiger partial charge on any atom is 0.273 e. The van der Waals surface area contributed by atoms with E-state index in [9.17, 15) is 10.1 Å². The highest BCUT2D eigenvalue weighted by molar-refractivity contribution is 5.61. The number of nitro groups is 1. The van der Waals surface area contributed by atoms with Crippen molar-refractivity contribution in [1.82, 2.24) is 4.90 Å². The van der Waals surface area contributed by atoms with Gasteiger partial charge in [-0.1, -0.05) is 0 Å². The number of non-ortho nitro benzene ring substituents is 1. The third-order valence-electron chi connectivity index (χ3n) is 3.15. The second kappa shape index (κ2) is 5.22. The molecule has 0 bridgehead atoms. The monoisotopic (exact) mass is 251 g/mol. The summed E-state index contributed by atoms with van der Waals surface area (Å²) in [5, 5.41) is 14.1. The molecule has 0 amide bonds. The Morgan fingerprint density at radius 3 is 2.89 bits per heavy atom. The van der Waals surface area contributed by atoms with E-state index in [2.05, 4.69) is 17.3 Å². The van der Waals surface area contributed by atoms with Gasteiger partial charge in [0.2, 0.25) is 0 Å². The molecule has 2 rings (SSSR count). The zero-order valence-electron chi connectivity index (χ0n) is 10.5. The van der Waals surface area contributed by atoms with E-state index in [1.807, 2.05) is 0 Å². The van der Waals surface area contributed by atoms with E-state index >= 15 is 0 Å². The van der Waals surface area contributed by atoms with E-state index in [0.29, 0.717) is 11.8 Å².